The highest BCUT2D eigenvalue weighted by Crippen LogP contribution is 2.34. The van der Waals surface area contributed by atoms with Crippen molar-refractivity contribution >= 4 is 11.6 Å². The van der Waals surface area contributed by atoms with E-state index in [1.54, 1.807) is 17.1 Å². The molecule has 6 nitrogen and oxygen atoms in total. The molecule has 3 heterocycles. The van der Waals surface area contributed by atoms with Crippen LogP contribution in [0.3, 0.4) is 0 Å². The normalized spacial score (nSPS) is 23.9. The van der Waals surface area contributed by atoms with Crippen molar-refractivity contribution in [3.8, 4) is 5.75 Å². The van der Waals surface area contributed by atoms with Crippen molar-refractivity contribution in [2.75, 3.05) is 19.7 Å². The number of hydrogen-bond acceptors (Lipinski definition) is 5. The van der Waals surface area contributed by atoms with Crippen LogP contribution in [0.15, 0.2) is 24.5 Å². The minimum Gasteiger partial charge on any atom is -0.493 e. The molecule has 0 radical (unpaired) electrons. The molecular formula is C17H21ClN4O2. The van der Waals surface area contributed by atoms with Crippen LogP contribution in [0.25, 0.3) is 0 Å². The van der Waals surface area contributed by atoms with Gasteiger partial charge in [-0.25, -0.2) is 4.68 Å². The van der Waals surface area contributed by atoms with Crippen molar-refractivity contribution in [2.45, 2.75) is 38.0 Å². The van der Waals surface area contributed by atoms with E-state index in [1.165, 1.54) is 5.56 Å². The van der Waals surface area contributed by atoms with Gasteiger partial charge in [-0.05, 0) is 37.1 Å². The fraction of sp³-hybridized carbons (Fsp3) is 0.529. The van der Waals surface area contributed by atoms with E-state index in [2.05, 4.69) is 15.2 Å². The zero-order valence-corrected chi connectivity index (χ0v) is 14.2. The molecule has 0 bridgehead atoms. The summed E-state index contributed by atoms with van der Waals surface area (Å²) >= 11 is 6.26. The van der Waals surface area contributed by atoms with Crippen LogP contribution in [-0.4, -0.2) is 50.3 Å². The Kier molecular flexibility index (Phi) is 4.20. The van der Waals surface area contributed by atoms with Crippen molar-refractivity contribution in [3.63, 3.8) is 0 Å². The van der Waals surface area contributed by atoms with Crippen molar-refractivity contribution < 1.29 is 9.84 Å². The molecule has 2 aliphatic heterocycles. The number of ether oxygens (including phenoxy) is 1. The average molecular weight is 349 g/mol. The number of β-amino-alcohol motifs (C(OH)–C–C–N with tert-alkyl or cyclic N) is 1. The lowest BCUT2D eigenvalue weighted by Crippen LogP contribution is -2.50. The minimum absolute atomic E-state index is 0.466. The first kappa shape index (κ1) is 15.9. The lowest BCUT2D eigenvalue weighted by atomic mass is 9.92. The first-order valence-corrected chi connectivity index (χ1v) is 8.72. The van der Waals surface area contributed by atoms with Crippen LogP contribution >= 0.6 is 11.6 Å². The largest absolute Gasteiger partial charge is 0.493 e. The fourth-order valence-corrected chi connectivity index (χ4v) is 4.06. The Labute approximate surface area is 146 Å². The van der Waals surface area contributed by atoms with Gasteiger partial charge in [0, 0.05) is 36.3 Å². The third-order valence-electron chi connectivity index (χ3n) is 4.78. The molecular weight excluding hydrogens is 328 g/mol. The Bertz CT molecular complexity index is 722. The quantitative estimate of drug-likeness (QED) is 0.914. The van der Waals surface area contributed by atoms with Crippen LogP contribution in [-0.2, 0) is 19.5 Å². The SMILES string of the molecule is OC1(Cn2ccnn2)CCCN(Cc2cc(Cl)cc3c2OCC3)C1. The van der Waals surface area contributed by atoms with E-state index in [0.717, 1.165) is 55.3 Å². The van der Waals surface area contributed by atoms with Crippen LogP contribution in [0, 0.1) is 0 Å². The Morgan fingerprint density at radius 2 is 2.29 bits per heavy atom. The molecule has 1 aromatic carbocycles. The molecule has 1 N–H and O–H groups in total. The van der Waals surface area contributed by atoms with Gasteiger partial charge in [0.25, 0.3) is 0 Å². The van der Waals surface area contributed by atoms with E-state index in [4.69, 9.17) is 16.3 Å². The molecule has 1 atom stereocenters. The Morgan fingerprint density at radius 1 is 1.38 bits per heavy atom. The summed E-state index contributed by atoms with van der Waals surface area (Å²) in [4.78, 5) is 2.27. The van der Waals surface area contributed by atoms with Gasteiger partial charge in [-0.15, -0.1) is 5.10 Å². The van der Waals surface area contributed by atoms with Gasteiger partial charge in [0.1, 0.15) is 5.75 Å². The highest BCUT2D eigenvalue weighted by molar-refractivity contribution is 6.30. The maximum atomic E-state index is 11.0. The number of benzene rings is 1. The smallest absolute Gasteiger partial charge is 0.127 e. The lowest BCUT2D eigenvalue weighted by molar-refractivity contribution is -0.0479. The van der Waals surface area contributed by atoms with Gasteiger partial charge in [0.2, 0.25) is 0 Å². The van der Waals surface area contributed by atoms with Gasteiger partial charge in [-0.2, -0.15) is 0 Å². The van der Waals surface area contributed by atoms with E-state index < -0.39 is 5.60 Å². The topological polar surface area (TPSA) is 63.4 Å². The molecule has 0 spiro atoms. The summed E-state index contributed by atoms with van der Waals surface area (Å²) in [5.74, 6) is 0.977. The van der Waals surface area contributed by atoms with Gasteiger partial charge in [-0.3, -0.25) is 4.90 Å². The van der Waals surface area contributed by atoms with E-state index in [-0.39, 0.29) is 0 Å². The zero-order valence-electron chi connectivity index (χ0n) is 13.5. The molecule has 1 saturated heterocycles. The van der Waals surface area contributed by atoms with E-state index in [1.807, 2.05) is 12.1 Å². The lowest BCUT2D eigenvalue weighted by Gasteiger charge is -2.39. The second-order valence-electron chi connectivity index (χ2n) is 6.79. The Balaban J connectivity index is 1.49. The zero-order chi connectivity index (χ0) is 16.6. The monoisotopic (exact) mass is 348 g/mol. The number of rotatable bonds is 4. The minimum atomic E-state index is -0.783. The second-order valence-corrected chi connectivity index (χ2v) is 7.23. The molecule has 128 valence electrons. The van der Waals surface area contributed by atoms with Crippen molar-refractivity contribution in [1.82, 2.24) is 19.9 Å². The van der Waals surface area contributed by atoms with E-state index in [0.29, 0.717) is 13.1 Å². The van der Waals surface area contributed by atoms with E-state index >= 15 is 0 Å². The number of aromatic nitrogens is 3. The highest BCUT2D eigenvalue weighted by Gasteiger charge is 2.34. The predicted molar refractivity (Wildman–Crippen MR) is 90.1 cm³/mol. The molecule has 1 fully saturated rings. The summed E-state index contributed by atoms with van der Waals surface area (Å²) in [6.07, 6.45) is 6.06. The Morgan fingerprint density at radius 3 is 3.12 bits per heavy atom. The van der Waals surface area contributed by atoms with Crippen LogP contribution in [0.5, 0.6) is 5.75 Å². The number of nitrogens with zero attached hydrogens (tertiary/aromatic N) is 4. The van der Waals surface area contributed by atoms with Gasteiger partial charge < -0.3 is 9.84 Å². The van der Waals surface area contributed by atoms with E-state index in [9.17, 15) is 5.11 Å². The summed E-state index contributed by atoms with van der Waals surface area (Å²) in [7, 11) is 0. The molecule has 0 amide bonds. The van der Waals surface area contributed by atoms with Gasteiger partial charge >= 0.3 is 0 Å². The predicted octanol–water partition coefficient (Wildman–Crippen LogP) is 1.89. The summed E-state index contributed by atoms with van der Waals surface area (Å²) in [5.41, 5.74) is 1.52. The second kappa shape index (κ2) is 6.35. The number of fused-ring (bicyclic) bond motifs is 1. The van der Waals surface area contributed by atoms with Crippen LogP contribution in [0.1, 0.15) is 24.0 Å². The number of likely N-dealkylation sites (tertiary alicyclic amines) is 1. The molecule has 7 heteroatoms. The Hall–Kier alpha value is -1.63. The summed E-state index contributed by atoms with van der Waals surface area (Å²) in [6, 6.07) is 3.97. The van der Waals surface area contributed by atoms with Crippen LogP contribution < -0.4 is 4.74 Å². The third-order valence-corrected chi connectivity index (χ3v) is 5.00. The maximum absolute atomic E-state index is 11.0. The molecule has 0 saturated carbocycles. The number of hydrogen-bond donors (Lipinski definition) is 1. The number of piperidine rings is 1. The summed E-state index contributed by atoms with van der Waals surface area (Å²) in [6.45, 7) is 3.49. The summed E-state index contributed by atoms with van der Waals surface area (Å²) < 4.78 is 7.49. The third kappa shape index (κ3) is 3.27. The molecule has 0 aliphatic carbocycles. The van der Waals surface area contributed by atoms with Gasteiger partial charge in [0.15, 0.2) is 0 Å². The van der Waals surface area contributed by atoms with Crippen LogP contribution in [0.2, 0.25) is 5.02 Å². The van der Waals surface area contributed by atoms with Crippen molar-refractivity contribution in [3.05, 3.63) is 40.7 Å². The first-order chi connectivity index (χ1) is 11.6. The van der Waals surface area contributed by atoms with Crippen molar-refractivity contribution in [2.24, 2.45) is 0 Å². The van der Waals surface area contributed by atoms with Crippen molar-refractivity contribution in [1.29, 1.82) is 0 Å². The molecule has 1 aromatic heterocycles. The number of aliphatic hydroxyl groups is 1. The molecule has 4 rings (SSSR count). The first-order valence-electron chi connectivity index (χ1n) is 8.34. The molecule has 2 aromatic rings. The molecule has 1 unspecified atom stereocenters. The molecule has 2 aliphatic rings. The average Bonchev–Trinajstić information content (AvgIpc) is 3.18. The standard InChI is InChI=1S/C17H21ClN4O2/c18-15-8-13-2-7-24-16(13)14(9-15)10-21-5-1-3-17(23,11-21)12-22-6-4-19-20-22/h4,6,8-9,23H,1-3,5,7,10-12H2. The fourth-order valence-electron chi connectivity index (χ4n) is 3.79. The summed E-state index contributed by atoms with van der Waals surface area (Å²) in [5, 5.41) is 19.5. The molecule has 24 heavy (non-hydrogen) atoms. The van der Waals surface area contributed by atoms with Gasteiger partial charge in [0.05, 0.1) is 24.9 Å². The van der Waals surface area contributed by atoms with Gasteiger partial charge in [-0.1, -0.05) is 16.8 Å². The van der Waals surface area contributed by atoms with Crippen LogP contribution in [0.4, 0.5) is 0 Å². The highest BCUT2D eigenvalue weighted by atomic mass is 35.5. The maximum Gasteiger partial charge on any atom is 0.127 e. The number of halogens is 1.